The Hall–Kier alpha value is -0.960. The van der Waals surface area contributed by atoms with Crippen molar-refractivity contribution >= 4 is 16.4 Å². The van der Waals surface area contributed by atoms with E-state index >= 15 is 0 Å². The molecule has 0 heterocycles. The van der Waals surface area contributed by atoms with Gasteiger partial charge in [0.05, 0.1) is 28.3 Å². The molecule has 32 heavy (non-hydrogen) atoms. The van der Waals surface area contributed by atoms with E-state index in [-0.39, 0.29) is 5.97 Å². The van der Waals surface area contributed by atoms with Gasteiger partial charge in [-0.25, -0.2) is 8.42 Å². The monoisotopic (exact) mass is 479 g/mol. The predicted octanol–water partition coefficient (Wildman–Crippen LogP) is 5.37. The number of esters is 1. The third-order valence-electron chi connectivity index (χ3n) is 4.87. The van der Waals surface area contributed by atoms with Gasteiger partial charge in [0.25, 0.3) is 0 Å². The van der Waals surface area contributed by atoms with E-state index in [1.165, 1.54) is 70.6 Å². The summed E-state index contributed by atoms with van der Waals surface area (Å²) in [4.78, 5) is 11.6. The number of rotatable bonds is 19. The Morgan fingerprint density at radius 3 is 1.72 bits per heavy atom. The van der Waals surface area contributed by atoms with Crippen LogP contribution in [0.4, 0.5) is 0 Å². The predicted molar refractivity (Wildman–Crippen MR) is 130 cm³/mol. The van der Waals surface area contributed by atoms with Crippen LogP contribution in [0.5, 0.6) is 0 Å². The molecule has 0 amide bonds. The summed E-state index contributed by atoms with van der Waals surface area (Å²) in [6.07, 6.45) is 22.0. The fraction of sp³-hybridized carbons (Fsp3) is 0.875. The third kappa shape index (κ3) is 33.7. The second kappa shape index (κ2) is 21.9. The Morgan fingerprint density at radius 1 is 0.844 bits per heavy atom. The van der Waals surface area contributed by atoms with Crippen LogP contribution in [-0.2, 0) is 24.1 Å². The van der Waals surface area contributed by atoms with Gasteiger partial charge in [-0.2, -0.15) is 0 Å². The van der Waals surface area contributed by atoms with Gasteiger partial charge in [0.1, 0.15) is 13.2 Å². The van der Waals surface area contributed by atoms with Crippen molar-refractivity contribution in [2.45, 2.75) is 96.8 Å². The standard InChI is InChI=1S/C23H46NO2.CH4O4S/c1-5-6-7-8-9-10-11-12-13-14-15-16-17-18-19-20-23(25)26-22-21-24(2,3)4;1-5-6(2,3)4/h12-13H,5-11,14-22H2,1-4H3;1H3,(H,2,3,4)/q+1;/p-1/b13-12-;. The van der Waals surface area contributed by atoms with Crippen molar-refractivity contribution in [1.29, 1.82) is 0 Å². The number of hydrogen-bond donors (Lipinski definition) is 0. The molecule has 0 saturated heterocycles. The molecule has 0 aromatic rings. The lowest BCUT2D eigenvalue weighted by Gasteiger charge is -2.23. The van der Waals surface area contributed by atoms with Crippen LogP contribution in [0.15, 0.2) is 12.2 Å². The van der Waals surface area contributed by atoms with E-state index in [1.807, 2.05) is 0 Å². The van der Waals surface area contributed by atoms with Gasteiger partial charge in [0.2, 0.25) is 10.4 Å². The van der Waals surface area contributed by atoms with E-state index in [9.17, 15) is 17.8 Å². The van der Waals surface area contributed by atoms with Gasteiger partial charge in [-0.05, 0) is 32.1 Å². The van der Waals surface area contributed by atoms with E-state index < -0.39 is 10.4 Å². The molecule has 0 aromatic heterocycles. The lowest BCUT2D eigenvalue weighted by Crippen LogP contribution is -2.37. The van der Waals surface area contributed by atoms with E-state index in [0.29, 0.717) is 13.0 Å². The Kier molecular flexibility index (Phi) is 22.7. The molecule has 7 nitrogen and oxygen atoms in total. The van der Waals surface area contributed by atoms with Crippen molar-refractivity contribution < 1.29 is 31.2 Å². The molecule has 0 aliphatic rings. The quantitative estimate of drug-likeness (QED) is 0.0618. The molecular weight excluding hydrogens is 430 g/mol. The number of ether oxygens (including phenoxy) is 1. The van der Waals surface area contributed by atoms with Crippen LogP contribution in [-0.4, -0.2) is 64.8 Å². The summed E-state index contributed by atoms with van der Waals surface area (Å²) in [5.74, 6) is -0.0314. The van der Waals surface area contributed by atoms with Crippen molar-refractivity contribution in [1.82, 2.24) is 0 Å². The summed E-state index contributed by atoms with van der Waals surface area (Å²) < 4.78 is 37.1. The SMILES string of the molecule is CCCCCCCC/C=C\CCCCCCCC(=O)OCC[N+](C)(C)C.COS(=O)(=O)[O-]. The number of unbranched alkanes of at least 4 members (excludes halogenated alkanes) is 11. The highest BCUT2D eigenvalue weighted by Gasteiger charge is 2.09. The molecule has 0 atom stereocenters. The number of hydrogen-bond acceptors (Lipinski definition) is 6. The topological polar surface area (TPSA) is 92.7 Å². The first-order valence-electron chi connectivity index (χ1n) is 12.1. The maximum atomic E-state index is 11.6. The molecule has 0 aromatic carbocycles. The van der Waals surface area contributed by atoms with Gasteiger partial charge in [0.15, 0.2) is 0 Å². The summed E-state index contributed by atoms with van der Waals surface area (Å²) in [7, 11) is 2.72. The van der Waals surface area contributed by atoms with Crippen molar-refractivity contribution in [3.63, 3.8) is 0 Å². The molecule has 192 valence electrons. The maximum absolute atomic E-state index is 11.6. The van der Waals surface area contributed by atoms with Crippen LogP contribution in [0.3, 0.4) is 0 Å². The van der Waals surface area contributed by atoms with E-state index in [4.69, 9.17) is 4.74 Å². The fourth-order valence-electron chi connectivity index (χ4n) is 2.85. The zero-order valence-corrected chi connectivity index (χ0v) is 22.1. The normalized spacial score (nSPS) is 11.9. The smallest absolute Gasteiger partial charge is 0.305 e. The van der Waals surface area contributed by atoms with Gasteiger partial charge < -0.3 is 13.8 Å². The van der Waals surface area contributed by atoms with Crippen molar-refractivity contribution in [3.05, 3.63) is 12.2 Å². The van der Waals surface area contributed by atoms with E-state index in [1.54, 1.807) is 0 Å². The van der Waals surface area contributed by atoms with E-state index in [0.717, 1.165) is 31.0 Å². The minimum atomic E-state index is -4.41. The number of quaternary nitrogens is 1. The van der Waals surface area contributed by atoms with Crippen molar-refractivity contribution in [2.75, 3.05) is 41.4 Å². The summed E-state index contributed by atoms with van der Waals surface area (Å²) in [6.45, 7) is 3.68. The van der Waals surface area contributed by atoms with Gasteiger partial charge in [-0.15, -0.1) is 0 Å². The third-order valence-corrected chi connectivity index (χ3v) is 5.28. The van der Waals surface area contributed by atoms with Crippen LogP contribution in [0.1, 0.15) is 96.8 Å². The Morgan fingerprint density at radius 2 is 1.28 bits per heavy atom. The van der Waals surface area contributed by atoms with Gasteiger partial charge >= 0.3 is 5.97 Å². The van der Waals surface area contributed by atoms with Crippen LogP contribution in [0, 0.1) is 0 Å². The largest absolute Gasteiger partial charge is 0.726 e. The van der Waals surface area contributed by atoms with Crippen LogP contribution in [0.25, 0.3) is 0 Å². The lowest BCUT2D eigenvalue weighted by molar-refractivity contribution is -0.870. The first-order valence-corrected chi connectivity index (χ1v) is 13.5. The van der Waals surface area contributed by atoms with Crippen molar-refractivity contribution in [2.24, 2.45) is 0 Å². The van der Waals surface area contributed by atoms with Crippen molar-refractivity contribution in [3.8, 4) is 0 Å². The molecule has 0 aliphatic carbocycles. The molecule has 0 radical (unpaired) electrons. The van der Waals surface area contributed by atoms with Gasteiger partial charge in [-0.3, -0.25) is 8.98 Å². The molecule has 0 unspecified atom stereocenters. The molecule has 0 fully saturated rings. The van der Waals surface area contributed by atoms with Crippen LogP contribution >= 0.6 is 0 Å². The molecule has 0 spiro atoms. The van der Waals surface area contributed by atoms with Crippen LogP contribution in [0.2, 0.25) is 0 Å². The highest BCUT2D eigenvalue weighted by atomic mass is 32.3. The second-order valence-corrected chi connectivity index (χ2v) is 10.3. The Balaban J connectivity index is 0. The number of nitrogens with zero attached hydrogens (tertiary/aromatic N) is 1. The molecule has 0 rings (SSSR count). The fourth-order valence-corrected chi connectivity index (χ4v) is 2.85. The molecular formula is C24H49NO6S. The summed E-state index contributed by atoms with van der Waals surface area (Å²) >= 11 is 0. The summed E-state index contributed by atoms with van der Waals surface area (Å²) in [5.41, 5.74) is 0. The zero-order valence-electron chi connectivity index (χ0n) is 21.3. The summed E-state index contributed by atoms with van der Waals surface area (Å²) in [5, 5.41) is 0. The number of likely N-dealkylation sites (N-methyl/N-ethyl adjacent to an activating group) is 1. The molecule has 8 heteroatoms. The van der Waals surface area contributed by atoms with Gasteiger partial charge in [0, 0.05) is 6.42 Å². The molecule has 0 saturated carbocycles. The minimum absolute atomic E-state index is 0.0314. The van der Waals surface area contributed by atoms with Gasteiger partial charge in [-0.1, -0.05) is 70.4 Å². The minimum Gasteiger partial charge on any atom is -0.726 e. The van der Waals surface area contributed by atoms with E-state index in [2.05, 4.69) is 44.4 Å². The highest BCUT2D eigenvalue weighted by molar-refractivity contribution is 7.80. The summed E-state index contributed by atoms with van der Waals surface area (Å²) in [6, 6.07) is 0. The maximum Gasteiger partial charge on any atom is 0.305 e. The second-order valence-electron chi connectivity index (χ2n) is 9.14. The Bertz CT molecular complexity index is 555. The lowest BCUT2D eigenvalue weighted by atomic mass is 10.1. The number of allylic oxidation sites excluding steroid dienone is 2. The molecule has 0 aliphatic heterocycles. The highest BCUT2D eigenvalue weighted by Crippen LogP contribution is 2.10. The first-order chi connectivity index (χ1) is 15.0. The molecule has 0 N–H and O–H groups in total. The number of carbonyl (C=O) groups is 1. The Labute approximate surface area is 198 Å². The number of carbonyl (C=O) groups excluding carboxylic acids is 1. The zero-order chi connectivity index (χ0) is 24.7. The van der Waals surface area contributed by atoms with Crippen LogP contribution < -0.4 is 0 Å². The average Bonchev–Trinajstić information content (AvgIpc) is 2.70. The first kappa shape index (κ1) is 33.2. The average molecular weight is 480 g/mol. The molecule has 0 bridgehead atoms.